The second kappa shape index (κ2) is 6.04. The largest absolute Gasteiger partial charge is 0.324 e. The van der Waals surface area contributed by atoms with Gasteiger partial charge in [0.1, 0.15) is 5.82 Å². The summed E-state index contributed by atoms with van der Waals surface area (Å²) < 4.78 is 13.8. The van der Waals surface area contributed by atoms with Crippen LogP contribution in [-0.2, 0) is 4.79 Å². The van der Waals surface area contributed by atoms with E-state index in [1.807, 2.05) is 6.92 Å². The smallest absolute Gasteiger partial charge is 0.242 e. The Balaban J connectivity index is 2.08. The van der Waals surface area contributed by atoms with Crippen molar-refractivity contribution in [2.75, 3.05) is 23.4 Å². The Morgan fingerprint density at radius 1 is 1.61 bits per heavy atom. The zero-order valence-electron chi connectivity index (χ0n) is 9.93. The predicted molar refractivity (Wildman–Crippen MR) is 76.6 cm³/mol. The van der Waals surface area contributed by atoms with E-state index in [-0.39, 0.29) is 17.8 Å². The van der Waals surface area contributed by atoms with Crippen LogP contribution >= 0.6 is 27.7 Å². The van der Waals surface area contributed by atoms with Crippen molar-refractivity contribution in [3.8, 4) is 0 Å². The summed E-state index contributed by atoms with van der Waals surface area (Å²) in [4.78, 5) is 12.0. The fourth-order valence-electron chi connectivity index (χ4n) is 1.73. The monoisotopic (exact) mass is 332 g/mol. The molecule has 0 aliphatic carbocycles. The van der Waals surface area contributed by atoms with Crippen LogP contribution in [0.4, 0.5) is 10.1 Å². The van der Waals surface area contributed by atoms with Crippen LogP contribution in [0.2, 0.25) is 0 Å². The Morgan fingerprint density at radius 3 is 3.06 bits per heavy atom. The van der Waals surface area contributed by atoms with E-state index in [4.69, 9.17) is 0 Å². The zero-order valence-corrected chi connectivity index (χ0v) is 12.3. The average Bonchev–Trinajstić information content (AvgIpc) is 2.37. The summed E-state index contributed by atoms with van der Waals surface area (Å²) in [5.74, 6) is 1.30. The van der Waals surface area contributed by atoms with Gasteiger partial charge in [0.15, 0.2) is 0 Å². The van der Waals surface area contributed by atoms with Gasteiger partial charge in [-0.25, -0.2) is 4.39 Å². The van der Waals surface area contributed by atoms with Crippen molar-refractivity contribution < 1.29 is 9.18 Å². The number of rotatable bonds is 2. The summed E-state index contributed by atoms with van der Waals surface area (Å²) in [5, 5.41) is 5.92. The van der Waals surface area contributed by atoms with Gasteiger partial charge in [0.05, 0.1) is 10.5 Å². The molecule has 1 amide bonds. The Labute approximate surface area is 118 Å². The minimum absolute atomic E-state index is 0.105. The number of carbonyl (C=O) groups excluding carboxylic acids is 1. The summed E-state index contributed by atoms with van der Waals surface area (Å²) in [6.45, 7) is 2.67. The second-order valence-electron chi connectivity index (χ2n) is 4.15. The number of aryl methyl sites for hydroxylation is 1. The van der Waals surface area contributed by atoms with Crippen LogP contribution in [0.15, 0.2) is 16.6 Å². The molecule has 1 aromatic carbocycles. The average molecular weight is 333 g/mol. The molecule has 0 radical (unpaired) electrons. The van der Waals surface area contributed by atoms with Gasteiger partial charge in [-0.3, -0.25) is 4.79 Å². The number of anilines is 1. The quantitative estimate of drug-likeness (QED) is 0.874. The molecule has 0 spiro atoms. The van der Waals surface area contributed by atoms with E-state index >= 15 is 0 Å². The number of halogens is 2. The Kier molecular flexibility index (Phi) is 4.64. The van der Waals surface area contributed by atoms with Crippen molar-refractivity contribution in [3.63, 3.8) is 0 Å². The molecule has 1 unspecified atom stereocenters. The van der Waals surface area contributed by atoms with Crippen molar-refractivity contribution >= 4 is 39.3 Å². The highest BCUT2D eigenvalue weighted by Crippen LogP contribution is 2.24. The highest BCUT2D eigenvalue weighted by molar-refractivity contribution is 9.10. The van der Waals surface area contributed by atoms with Crippen LogP contribution in [0.25, 0.3) is 0 Å². The summed E-state index contributed by atoms with van der Waals surface area (Å²) >= 11 is 4.87. The number of thioether (sulfide) groups is 1. The van der Waals surface area contributed by atoms with Gasteiger partial charge in [-0.1, -0.05) is 0 Å². The van der Waals surface area contributed by atoms with Crippen LogP contribution < -0.4 is 10.6 Å². The van der Waals surface area contributed by atoms with Gasteiger partial charge in [0, 0.05) is 23.7 Å². The normalized spacial score (nSPS) is 19.6. The number of hydrogen-bond acceptors (Lipinski definition) is 3. The van der Waals surface area contributed by atoms with Crippen LogP contribution in [0, 0.1) is 12.7 Å². The lowest BCUT2D eigenvalue weighted by Gasteiger charge is -2.22. The summed E-state index contributed by atoms with van der Waals surface area (Å²) in [7, 11) is 0. The molecule has 2 rings (SSSR count). The van der Waals surface area contributed by atoms with Crippen LogP contribution in [0.5, 0.6) is 0 Å². The van der Waals surface area contributed by atoms with Crippen LogP contribution in [0.3, 0.4) is 0 Å². The summed E-state index contributed by atoms with van der Waals surface area (Å²) in [5.41, 5.74) is 1.36. The van der Waals surface area contributed by atoms with Gasteiger partial charge < -0.3 is 10.6 Å². The Hall–Kier alpha value is -0.590. The first-order valence-electron chi connectivity index (χ1n) is 5.65. The van der Waals surface area contributed by atoms with E-state index in [2.05, 4.69) is 26.6 Å². The van der Waals surface area contributed by atoms with Gasteiger partial charge >= 0.3 is 0 Å². The molecule has 1 aliphatic heterocycles. The first kappa shape index (κ1) is 13.8. The minimum atomic E-state index is -0.373. The first-order chi connectivity index (χ1) is 8.58. The van der Waals surface area contributed by atoms with E-state index in [0.29, 0.717) is 10.2 Å². The van der Waals surface area contributed by atoms with Gasteiger partial charge in [0.2, 0.25) is 5.91 Å². The third-order valence-corrected chi connectivity index (χ3v) is 4.43. The molecular weight excluding hydrogens is 319 g/mol. The summed E-state index contributed by atoms with van der Waals surface area (Å²) in [6.07, 6.45) is 0. The molecule has 1 aromatic rings. The molecule has 3 nitrogen and oxygen atoms in total. The molecule has 1 aliphatic rings. The molecule has 6 heteroatoms. The lowest BCUT2D eigenvalue weighted by molar-refractivity contribution is -0.117. The number of carbonyl (C=O) groups is 1. The molecule has 18 heavy (non-hydrogen) atoms. The molecule has 0 bridgehead atoms. The maximum Gasteiger partial charge on any atom is 0.242 e. The predicted octanol–water partition coefficient (Wildman–Crippen LogP) is 2.54. The molecule has 98 valence electrons. The van der Waals surface area contributed by atoms with Crippen LogP contribution in [-0.4, -0.2) is 30.0 Å². The van der Waals surface area contributed by atoms with Crippen molar-refractivity contribution in [2.24, 2.45) is 0 Å². The molecule has 1 saturated heterocycles. The third kappa shape index (κ3) is 3.24. The molecular formula is C12H14BrFN2OS. The number of nitrogens with one attached hydrogen (secondary N) is 2. The van der Waals surface area contributed by atoms with Gasteiger partial charge in [0.25, 0.3) is 0 Å². The van der Waals surface area contributed by atoms with Crippen molar-refractivity contribution in [1.29, 1.82) is 0 Å². The first-order valence-corrected chi connectivity index (χ1v) is 7.60. The van der Waals surface area contributed by atoms with Crippen LogP contribution in [0.1, 0.15) is 5.56 Å². The van der Waals surface area contributed by atoms with E-state index in [0.717, 1.165) is 23.6 Å². The Morgan fingerprint density at radius 2 is 2.39 bits per heavy atom. The molecule has 1 atom stereocenters. The zero-order chi connectivity index (χ0) is 13.1. The lowest BCUT2D eigenvalue weighted by atomic mass is 10.2. The van der Waals surface area contributed by atoms with E-state index in [1.54, 1.807) is 17.8 Å². The number of benzene rings is 1. The molecule has 0 aromatic heterocycles. The van der Waals surface area contributed by atoms with Gasteiger partial charge in [-0.15, -0.1) is 0 Å². The number of amides is 1. The lowest BCUT2D eigenvalue weighted by Crippen LogP contribution is -2.46. The van der Waals surface area contributed by atoms with Gasteiger partial charge in [-0.2, -0.15) is 11.8 Å². The maximum absolute atomic E-state index is 13.4. The minimum Gasteiger partial charge on any atom is -0.324 e. The maximum atomic E-state index is 13.4. The van der Waals surface area contributed by atoms with Crippen molar-refractivity contribution in [3.05, 3.63) is 28.0 Å². The SMILES string of the molecule is Cc1cc(Br)c(F)cc1NC(=O)C1CSCCN1. The molecule has 1 heterocycles. The highest BCUT2D eigenvalue weighted by Gasteiger charge is 2.21. The number of hydrogen-bond donors (Lipinski definition) is 2. The van der Waals surface area contributed by atoms with Gasteiger partial charge in [-0.05, 0) is 40.5 Å². The van der Waals surface area contributed by atoms with Crippen molar-refractivity contribution in [1.82, 2.24) is 5.32 Å². The van der Waals surface area contributed by atoms with E-state index in [9.17, 15) is 9.18 Å². The Bertz CT molecular complexity index is 464. The standard InChI is InChI=1S/C12H14BrFN2OS/c1-7-4-8(13)9(14)5-10(7)16-12(17)11-6-18-3-2-15-11/h4-5,11,15H,2-3,6H2,1H3,(H,16,17). The fraction of sp³-hybridized carbons (Fsp3) is 0.417. The second-order valence-corrected chi connectivity index (χ2v) is 6.16. The van der Waals surface area contributed by atoms with E-state index in [1.165, 1.54) is 6.07 Å². The fourth-order valence-corrected chi connectivity index (χ4v) is 3.13. The topological polar surface area (TPSA) is 41.1 Å². The molecule has 1 fully saturated rings. The van der Waals surface area contributed by atoms with E-state index < -0.39 is 0 Å². The third-order valence-electron chi connectivity index (χ3n) is 2.76. The summed E-state index contributed by atoms with van der Waals surface area (Å²) in [6, 6.07) is 2.80. The molecule has 2 N–H and O–H groups in total. The van der Waals surface area contributed by atoms with Crippen molar-refractivity contribution in [2.45, 2.75) is 13.0 Å². The highest BCUT2D eigenvalue weighted by atomic mass is 79.9. The molecule has 0 saturated carbocycles.